The van der Waals surface area contributed by atoms with Crippen molar-refractivity contribution in [1.29, 1.82) is 0 Å². The number of hydrogen-bond acceptors (Lipinski definition) is 1. The van der Waals surface area contributed by atoms with E-state index in [1.54, 1.807) is 0 Å². The summed E-state index contributed by atoms with van der Waals surface area (Å²) in [7, 11) is 0. The van der Waals surface area contributed by atoms with Gasteiger partial charge in [0.1, 0.15) is 11.2 Å². The molecule has 0 saturated carbocycles. The molecule has 1 spiro atoms. The van der Waals surface area contributed by atoms with Crippen LogP contribution in [0.5, 0.6) is 0 Å². The third kappa shape index (κ3) is 4.64. The molecule has 15 rings (SSSR count). The summed E-state index contributed by atoms with van der Waals surface area (Å²) >= 11 is 0. The largest absolute Gasteiger partial charge is 0.456 e. The zero-order valence-corrected chi connectivity index (χ0v) is 35.8. The number of para-hydroxylation sites is 1. The summed E-state index contributed by atoms with van der Waals surface area (Å²) in [5.41, 5.74) is 19.4. The van der Waals surface area contributed by atoms with Gasteiger partial charge in [0, 0.05) is 10.8 Å². The summed E-state index contributed by atoms with van der Waals surface area (Å²) in [6.07, 6.45) is 0. The summed E-state index contributed by atoms with van der Waals surface area (Å²) in [5.74, 6) is 0. The molecule has 66 heavy (non-hydrogen) atoms. The molecular formula is C65H38O. The SMILES string of the molecule is c1cc(-c2cc3c(c4ccccc24)-c2c(ccc4ccccc24)C32c3ccccc3-c3ccccc32)cc(-c2c3ccccc3c(-c3ccc4oc5ccccc5c4c3)c3ccccc23)c1. The van der Waals surface area contributed by atoms with Crippen molar-refractivity contribution in [2.24, 2.45) is 0 Å². The Morgan fingerprint density at radius 2 is 0.742 bits per heavy atom. The normalized spacial score (nSPS) is 13.3. The molecule has 2 aliphatic carbocycles. The van der Waals surface area contributed by atoms with Gasteiger partial charge in [-0.1, -0.05) is 200 Å². The van der Waals surface area contributed by atoms with Crippen LogP contribution < -0.4 is 0 Å². The quantitative estimate of drug-likeness (QED) is 0.162. The maximum atomic E-state index is 6.29. The first-order valence-electron chi connectivity index (χ1n) is 23.0. The Kier molecular flexibility index (Phi) is 7.21. The smallest absolute Gasteiger partial charge is 0.135 e. The van der Waals surface area contributed by atoms with Crippen molar-refractivity contribution in [2.45, 2.75) is 5.41 Å². The van der Waals surface area contributed by atoms with Gasteiger partial charge < -0.3 is 4.42 Å². The standard InChI is InChI=1S/C65H38O/c1-2-19-43-39(16-1)32-34-57-63(43)64-48-24-4-3-20-44(48)53(38-58(64)65(57)55-29-12-9-21-45(55)46-22-10-13-30-56(46)65)40-17-15-18-41(36-40)61-49-25-5-7-27-51(49)62(52-28-8-6-26-50(52)61)42-33-35-60-54(37-42)47-23-11-14-31-59(47)66-60/h1-38H. The Morgan fingerprint density at radius 1 is 0.242 bits per heavy atom. The fourth-order valence-electron chi connectivity index (χ4n) is 12.5. The molecule has 0 atom stereocenters. The van der Waals surface area contributed by atoms with Gasteiger partial charge >= 0.3 is 0 Å². The highest BCUT2D eigenvalue weighted by Gasteiger charge is 2.52. The minimum absolute atomic E-state index is 0.480. The molecule has 13 aromatic rings. The fourth-order valence-corrected chi connectivity index (χ4v) is 12.5. The van der Waals surface area contributed by atoms with Gasteiger partial charge in [-0.25, -0.2) is 0 Å². The van der Waals surface area contributed by atoms with Gasteiger partial charge in [0.15, 0.2) is 0 Å². The van der Waals surface area contributed by atoms with Gasteiger partial charge in [0.25, 0.3) is 0 Å². The Bertz CT molecular complexity index is 4140. The van der Waals surface area contributed by atoms with Crippen LogP contribution in [-0.4, -0.2) is 0 Å². The summed E-state index contributed by atoms with van der Waals surface area (Å²) in [6, 6.07) is 86.0. The Morgan fingerprint density at radius 3 is 1.42 bits per heavy atom. The molecule has 12 aromatic carbocycles. The molecule has 0 fully saturated rings. The van der Waals surface area contributed by atoms with Crippen molar-refractivity contribution in [3.05, 3.63) is 253 Å². The van der Waals surface area contributed by atoms with Crippen LogP contribution >= 0.6 is 0 Å². The molecule has 1 nitrogen and oxygen atoms in total. The fraction of sp³-hybridized carbons (Fsp3) is 0.0154. The molecule has 0 saturated heterocycles. The van der Waals surface area contributed by atoms with E-state index >= 15 is 0 Å². The third-order valence-corrected chi connectivity index (χ3v) is 15.0. The molecule has 1 heterocycles. The van der Waals surface area contributed by atoms with Crippen LogP contribution in [-0.2, 0) is 5.41 Å². The van der Waals surface area contributed by atoms with E-state index in [0.717, 1.165) is 21.9 Å². The summed E-state index contributed by atoms with van der Waals surface area (Å²) in [4.78, 5) is 0. The Hall–Kier alpha value is -8.52. The van der Waals surface area contributed by atoms with Gasteiger partial charge in [-0.15, -0.1) is 0 Å². The van der Waals surface area contributed by atoms with E-state index in [4.69, 9.17) is 4.42 Å². The second kappa shape index (κ2) is 13.3. The average molecular weight is 835 g/mol. The first kappa shape index (κ1) is 35.9. The van der Waals surface area contributed by atoms with Crippen LogP contribution in [0.25, 0.3) is 121 Å². The molecule has 0 aliphatic heterocycles. The van der Waals surface area contributed by atoms with Crippen molar-refractivity contribution >= 4 is 65.0 Å². The van der Waals surface area contributed by atoms with E-state index in [1.807, 2.05) is 6.07 Å². The van der Waals surface area contributed by atoms with E-state index in [9.17, 15) is 0 Å². The highest BCUT2D eigenvalue weighted by atomic mass is 16.3. The first-order valence-corrected chi connectivity index (χ1v) is 23.0. The Balaban J connectivity index is 1.00. The first-order chi connectivity index (χ1) is 32.8. The van der Waals surface area contributed by atoms with Crippen LogP contribution in [0.1, 0.15) is 22.3 Å². The zero-order chi connectivity index (χ0) is 43.1. The van der Waals surface area contributed by atoms with Crippen molar-refractivity contribution in [3.63, 3.8) is 0 Å². The van der Waals surface area contributed by atoms with Crippen LogP contribution in [0.15, 0.2) is 235 Å². The summed E-state index contributed by atoms with van der Waals surface area (Å²) in [5, 5.41) is 12.3. The van der Waals surface area contributed by atoms with Crippen molar-refractivity contribution in [2.75, 3.05) is 0 Å². The maximum Gasteiger partial charge on any atom is 0.135 e. The highest BCUT2D eigenvalue weighted by Crippen LogP contribution is 2.65. The van der Waals surface area contributed by atoms with E-state index < -0.39 is 5.41 Å². The number of rotatable bonds is 3. The van der Waals surface area contributed by atoms with Crippen LogP contribution in [0.4, 0.5) is 0 Å². The Labute approximate surface area is 381 Å². The summed E-state index contributed by atoms with van der Waals surface area (Å²) in [6.45, 7) is 0. The molecule has 304 valence electrons. The molecule has 0 unspecified atom stereocenters. The topological polar surface area (TPSA) is 13.1 Å². The van der Waals surface area contributed by atoms with E-state index in [2.05, 4.69) is 224 Å². The molecule has 1 heteroatoms. The highest BCUT2D eigenvalue weighted by molar-refractivity contribution is 6.23. The van der Waals surface area contributed by atoms with Gasteiger partial charge in [0.05, 0.1) is 5.41 Å². The number of benzene rings is 12. The molecular weight excluding hydrogens is 797 g/mol. The van der Waals surface area contributed by atoms with Crippen molar-refractivity contribution < 1.29 is 4.42 Å². The second-order valence-electron chi connectivity index (χ2n) is 18.2. The minimum atomic E-state index is -0.480. The lowest BCUT2D eigenvalue weighted by Crippen LogP contribution is -2.26. The monoisotopic (exact) mass is 834 g/mol. The minimum Gasteiger partial charge on any atom is -0.456 e. The molecule has 0 amide bonds. The number of fused-ring (bicyclic) bond motifs is 19. The van der Waals surface area contributed by atoms with Gasteiger partial charge in [-0.2, -0.15) is 0 Å². The van der Waals surface area contributed by atoms with E-state index in [-0.39, 0.29) is 0 Å². The maximum absolute atomic E-state index is 6.29. The van der Waals surface area contributed by atoms with Crippen molar-refractivity contribution in [3.8, 4) is 55.6 Å². The lowest BCUT2D eigenvalue weighted by Gasteiger charge is -2.31. The zero-order valence-electron chi connectivity index (χ0n) is 35.8. The van der Waals surface area contributed by atoms with Gasteiger partial charge in [0.2, 0.25) is 0 Å². The summed E-state index contributed by atoms with van der Waals surface area (Å²) < 4.78 is 6.29. The van der Waals surface area contributed by atoms with E-state index in [0.29, 0.717) is 0 Å². The lowest BCUT2D eigenvalue weighted by atomic mass is 9.70. The van der Waals surface area contributed by atoms with Gasteiger partial charge in [-0.05, 0) is 151 Å². The number of hydrogen-bond donors (Lipinski definition) is 0. The van der Waals surface area contributed by atoms with E-state index in [1.165, 1.54) is 121 Å². The van der Waals surface area contributed by atoms with Crippen LogP contribution in [0.2, 0.25) is 0 Å². The predicted molar refractivity (Wildman–Crippen MR) is 276 cm³/mol. The molecule has 0 N–H and O–H groups in total. The van der Waals surface area contributed by atoms with Gasteiger partial charge in [-0.3, -0.25) is 0 Å². The molecule has 0 radical (unpaired) electrons. The van der Waals surface area contributed by atoms with Crippen molar-refractivity contribution in [1.82, 2.24) is 0 Å². The third-order valence-electron chi connectivity index (χ3n) is 15.0. The predicted octanol–water partition coefficient (Wildman–Crippen LogP) is 17.5. The molecule has 2 aliphatic rings. The van der Waals surface area contributed by atoms with Crippen LogP contribution in [0, 0.1) is 0 Å². The number of furan rings is 1. The molecule has 0 bridgehead atoms. The van der Waals surface area contributed by atoms with Crippen LogP contribution in [0.3, 0.4) is 0 Å². The lowest BCUT2D eigenvalue weighted by molar-refractivity contribution is 0.669. The molecule has 1 aromatic heterocycles. The second-order valence-corrected chi connectivity index (χ2v) is 18.2. The average Bonchev–Trinajstić information content (AvgIpc) is 4.01.